The molecule has 0 radical (unpaired) electrons. The number of para-hydroxylation sites is 1. The lowest BCUT2D eigenvalue weighted by atomic mass is 10.0. The first-order valence-corrected chi connectivity index (χ1v) is 6.87. The molecule has 0 saturated carbocycles. The molecule has 1 saturated heterocycles. The molecule has 1 N–H and O–H groups in total. The number of hydrogen-bond acceptors (Lipinski definition) is 3. The summed E-state index contributed by atoms with van der Waals surface area (Å²) in [4.78, 5) is 0. The lowest BCUT2D eigenvalue weighted by Gasteiger charge is -2.23. The van der Waals surface area contributed by atoms with Crippen molar-refractivity contribution in [3.05, 3.63) is 29.8 Å². The quantitative estimate of drug-likeness (QED) is 0.840. The average Bonchev–Trinajstić information content (AvgIpc) is 2.45. The molecule has 0 aliphatic carbocycles. The van der Waals surface area contributed by atoms with Crippen LogP contribution in [0.5, 0.6) is 0 Å². The minimum atomic E-state index is 0.638. The third kappa shape index (κ3) is 4.00. The number of rotatable bonds is 6. The zero-order valence-electron chi connectivity index (χ0n) is 11.2. The van der Waals surface area contributed by atoms with Crippen LogP contribution in [0.3, 0.4) is 0 Å². The number of nitrogens with one attached hydrogen (secondary N) is 1. The molecule has 1 unspecified atom stereocenters. The smallest absolute Gasteiger partial charge is 0.0736 e. The van der Waals surface area contributed by atoms with E-state index in [1.54, 1.807) is 0 Å². The maximum atomic E-state index is 5.50. The van der Waals surface area contributed by atoms with Crippen molar-refractivity contribution in [2.75, 3.05) is 31.7 Å². The molecular formula is C15H23NO2. The SMILES string of the molecule is CCOCc1ccccc1NCC1CCCOC1. The summed E-state index contributed by atoms with van der Waals surface area (Å²) in [7, 11) is 0. The van der Waals surface area contributed by atoms with Gasteiger partial charge in [-0.05, 0) is 31.7 Å². The van der Waals surface area contributed by atoms with E-state index >= 15 is 0 Å². The lowest BCUT2D eigenvalue weighted by Crippen LogP contribution is -2.24. The van der Waals surface area contributed by atoms with E-state index in [4.69, 9.17) is 9.47 Å². The van der Waals surface area contributed by atoms with Crippen LogP contribution in [0.4, 0.5) is 5.69 Å². The first kappa shape index (κ1) is 13.4. The molecule has 100 valence electrons. The maximum absolute atomic E-state index is 5.50. The second-order valence-electron chi connectivity index (χ2n) is 4.76. The summed E-state index contributed by atoms with van der Waals surface area (Å²) >= 11 is 0. The van der Waals surface area contributed by atoms with Crippen molar-refractivity contribution in [1.82, 2.24) is 0 Å². The van der Waals surface area contributed by atoms with Gasteiger partial charge in [-0.2, -0.15) is 0 Å². The van der Waals surface area contributed by atoms with Gasteiger partial charge in [0.1, 0.15) is 0 Å². The van der Waals surface area contributed by atoms with Crippen LogP contribution in [0.2, 0.25) is 0 Å². The molecular weight excluding hydrogens is 226 g/mol. The Morgan fingerprint density at radius 1 is 1.39 bits per heavy atom. The molecule has 3 heteroatoms. The monoisotopic (exact) mass is 249 g/mol. The third-order valence-electron chi connectivity index (χ3n) is 3.31. The van der Waals surface area contributed by atoms with Gasteiger partial charge in [0.2, 0.25) is 0 Å². The summed E-state index contributed by atoms with van der Waals surface area (Å²) in [5.41, 5.74) is 2.42. The molecule has 0 bridgehead atoms. The Hall–Kier alpha value is -1.06. The summed E-state index contributed by atoms with van der Waals surface area (Å²) in [5.74, 6) is 0.638. The second-order valence-corrected chi connectivity index (χ2v) is 4.76. The first-order chi connectivity index (χ1) is 8.90. The number of hydrogen-bond donors (Lipinski definition) is 1. The third-order valence-corrected chi connectivity index (χ3v) is 3.31. The molecule has 0 aromatic heterocycles. The average molecular weight is 249 g/mol. The largest absolute Gasteiger partial charge is 0.384 e. The Morgan fingerprint density at radius 2 is 2.28 bits per heavy atom. The van der Waals surface area contributed by atoms with Crippen LogP contribution < -0.4 is 5.32 Å². The predicted molar refractivity (Wildman–Crippen MR) is 73.8 cm³/mol. The van der Waals surface area contributed by atoms with Gasteiger partial charge < -0.3 is 14.8 Å². The Kier molecular flexibility index (Phi) is 5.49. The fraction of sp³-hybridized carbons (Fsp3) is 0.600. The molecule has 18 heavy (non-hydrogen) atoms. The first-order valence-electron chi connectivity index (χ1n) is 6.87. The highest BCUT2D eigenvalue weighted by molar-refractivity contribution is 5.50. The van der Waals surface area contributed by atoms with Crippen LogP contribution in [0.15, 0.2) is 24.3 Å². The topological polar surface area (TPSA) is 30.5 Å². The Morgan fingerprint density at radius 3 is 3.06 bits per heavy atom. The summed E-state index contributed by atoms with van der Waals surface area (Å²) in [6.07, 6.45) is 2.45. The van der Waals surface area contributed by atoms with Crippen LogP contribution in [-0.4, -0.2) is 26.4 Å². The summed E-state index contributed by atoms with van der Waals surface area (Å²) < 4.78 is 11.0. The van der Waals surface area contributed by atoms with E-state index in [9.17, 15) is 0 Å². The Balaban J connectivity index is 1.87. The highest BCUT2D eigenvalue weighted by Crippen LogP contribution is 2.19. The zero-order valence-corrected chi connectivity index (χ0v) is 11.2. The number of benzene rings is 1. The minimum absolute atomic E-state index is 0.638. The molecule has 0 spiro atoms. The van der Waals surface area contributed by atoms with Gasteiger partial charge in [0.15, 0.2) is 0 Å². The van der Waals surface area contributed by atoms with Crippen molar-refractivity contribution >= 4 is 5.69 Å². The van der Waals surface area contributed by atoms with Crippen molar-refractivity contribution in [2.45, 2.75) is 26.4 Å². The summed E-state index contributed by atoms with van der Waals surface area (Å²) in [5, 5.41) is 3.53. The van der Waals surface area contributed by atoms with E-state index in [1.165, 1.54) is 24.1 Å². The molecule has 3 nitrogen and oxygen atoms in total. The van der Waals surface area contributed by atoms with Crippen LogP contribution >= 0.6 is 0 Å². The predicted octanol–water partition coefficient (Wildman–Crippen LogP) is 3.06. The highest BCUT2D eigenvalue weighted by atomic mass is 16.5. The standard InChI is InChI=1S/C15H23NO2/c1-2-17-12-14-7-3-4-8-15(14)16-10-13-6-5-9-18-11-13/h3-4,7-8,13,16H,2,5-6,9-12H2,1H3. The fourth-order valence-electron chi connectivity index (χ4n) is 2.25. The molecule has 1 aliphatic heterocycles. The van der Waals surface area contributed by atoms with E-state index < -0.39 is 0 Å². The molecule has 2 rings (SSSR count). The van der Waals surface area contributed by atoms with Gasteiger partial charge in [-0.25, -0.2) is 0 Å². The van der Waals surface area contributed by atoms with E-state index in [-0.39, 0.29) is 0 Å². The van der Waals surface area contributed by atoms with E-state index in [1.807, 2.05) is 6.92 Å². The Labute approximate surface area is 109 Å². The van der Waals surface area contributed by atoms with Gasteiger partial charge in [0.25, 0.3) is 0 Å². The van der Waals surface area contributed by atoms with Crippen molar-refractivity contribution in [1.29, 1.82) is 0 Å². The molecule has 0 amide bonds. The van der Waals surface area contributed by atoms with Gasteiger partial charge >= 0.3 is 0 Å². The van der Waals surface area contributed by atoms with Crippen LogP contribution in [0, 0.1) is 5.92 Å². The highest BCUT2D eigenvalue weighted by Gasteiger charge is 2.13. The van der Waals surface area contributed by atoms with Crippen LogP contribution in [0.25, 0.3) is 0 Å². The second kappa shape index (κ2) is 7.39. The van der Waals surface area contributed by atoms with Gasteiger partial charge in [-0.1, -0.05) is 18.2 Å². The Bertz CT molecular complexity index is 348. The van der Waals surface area contributed by atoms with Crippen molar-refractivity contribution in [3.63, 3.8) is 0 Å². The van der Waals surface area contributed by atoms with Gasteiger partial charge in [0, 0.05) is 31.0 Å². The van der Waals surface area contributed by atoms with Crippen LogP contribution in [-0.2, 0) is 16.1 Å². The maximum Gasteiger partial charge on any atom is 0.0736 e. The number of ether oxygens (including phenoxy) is 2. The van der Waals surface area contributed by atoms with Crippen molar-refractivity contribution < 1.29 is 9.47 Å². The normalized spacial score (nSPS) is 19.7. The molecule has 1 atom stereocenters. The van der Waals surface area contributed by atoms with E-state index in [0.29, 0.717) is 12.5 Å². The summed E-state index contributed by atoms with van der Waals surface area (Å²) in [6.45, 7) is 6.27. The van der Waals surface area contributed by atoms with Crippen molar-refractivity contribution in [3.8, 4) is 0 Å². The minimum Gasteiger partial charge on any atom is -0.384 e. The van der Waals surface area contributed by atoms with Crippen molar-refractivity contribution in [2.24, 2.45) is 5.92 Å². The van der Waals surface area contributed by atoms with Gasteiger partial charge in [-0.3, -0.25) is 0 Å². The molecule has 1 aromatic carbocycles. The van der Waals surface area contributed by atoms with Gasteiger partial charge in [-0.15, -0.1) is 0 Å². The van der Waals surface area contributed by atoms with Gasteiger partial charge in [0.05, 0.1) is 13.2 Å². The fourth-order valence-corrected chi connectivity index (χ4v) is 2.25. The summed E-state index contributed by atoms with van der Waals surface area (Å²) in [6, 6.07) is 8.37. The lowest BCUT2D eigenvalue weighted by molar-refractivity contribution is 0.0595. The zero-order chi connectivity index (χ0) is 12.6. The van der Waals surface area contributed by atoms with Crippen LogP contribution in [0.1, 0.15) is 25.3 Å². The van der Waals surface area contributed by atoms with E-state index in [0.717, 1.165) is 26.4 Å². The van der Waals surface area contributed by atoms with E-state index in [2.05, 4.69) is 29.6 Å². The molecule has 1 heterocycles. The molecule has 1 aromatic rings. The molecule has 1 fully saturated rings. The number of anilines is 1. The molecule has 1 aliphatic rings.